The fourth-order valence-electron chi connectivity index (χ4n) is 1.22. The van der Waals surface area contributed by atoms with Crippen molar-refractivity contribution in [2.24, 2.45) is 5.84 Å². The predicted molar refractivity (Wildman–Crippen MR) is 70.3 cm³/mol. The quantitative estimate of drug-likeness (QED) is 0.376. The average Bonchev–Trinajstić information content (AvgIpc) is 2.30. The highest BCUT2D eigenvalue weighted by Gasteiger charge is 2.11. The molecular formula is C12H16ClN3O. The number of amides is 1. The van der Waals surface area contributed by atoms with Gasteiger partial charge in [0.2, 0.25) is 0 Å². The summed E-state index contributed by atoms with van der Waals surface area (Å²) < 4.78 is 0. The summed E-state index contributed by atoms with van der Waals surface area (Å²) in [6, 6.07) is 7.51. The van der Waals surface area contributed by atoms with E-state index in [1.807, 2.05) is 31.2 Å². The lowest BCUT2D eigenvalue weighted by atomic mass is 10.2. The van der Waals surface area contributed by atoms with E-state index in [1.54, 1.807) is 14.0 Å². The highest BCUT2D eigenvalue weighted by molar-refractivity contribution is 6.31. The van der Waals surface area contributed by atoms with Crippen molar-refractivity contribution in [2.45, 2.75) is 13.8 Å². The number of nitrogens with zero attached hydrogens (tertiary/aromatic N) is 1. The van der Waals surface area contributed by atoms with E-state index in [1.165, 1.54) is 5.01 Å². The van der Waals surface area contributed by atoms with Gasteiger partial charge in [0.25, 0.3) is 5.91 Å². The minimum atomic E-state index is -0.267. The number of hydrogen-bond acceptors (Lipinski definition) is 3. The van der Waals surface area contributed by atoms with Gasteiger partial charge in [0, 0.05) is 12.7 Å². The Bertz CT molecular complexity index is 438. The van der Waals surface area contributed by atoms with Crippen LogP contribution in [0, 0.1) is 6.92 Å². The van der Waals surface area contributed by atoms with Crippen molar-refractivity contribution in [3.05, 3.63) is 40.6 Å². The van der Waals surface area contributed by atoms with E-state index in [0.29, 0.717) is 5.57 Å². The first-order valence-corrected chi connectivity index (χ1v) is 5.52. The van der Waals surface area contributed by atoms with Crippen LogP contribution in [0.1, 0.15) is 12.5 Å². The zero-order chi connectivity index (χ0) is 13.0. The van der Waals surface area contributed by atoms with E-state index in [4.69, 9.17) is 17.4 Å². The van der Waals surface area contributed by atoms with E-state index in [-0.39, 0.29) is 11.1 Å². The smallest absolute Gasteiger partial charge is 0.254 e. The van der Waals surface area contributed by atoms with Crippen molar-refractivity contribution in [1.29, 1.82) is 0 Å². The third-order valence-electron chi connectivity index (χ3n) is 2.27. The number of nitrogens with two attached hydrogens (primary N) is 1. The number of benzene rings is 1. The molecule has 5 heteroatoms. The second-order valence-electron chi connectivity index (χ2n) is 3.85. The van der Waals surface area contributed by atoms with Crippen molar-refractivity contribution in [2.75, 3.05) is 12.4 Å². The molecule has 1 aromatic rings. The average molecular weight is 254 g/mol. The summed E-state index contributed by atoms with van der Waals surface area (Å²) in [5, 5.41) is 4.16. The lowest BCUT2D eigenvalue weighted by Crippen LogP contribution is -2.26. The van der Waals surface area contributed by atoms with Gasteiger partial charge in [-0.1, -0.05) is 29.3 Å². The minimum Gasteiger partial charge on any atom is -0.322 e. The lowest BCUT2D eigenvalue weighted by molar-refractivity contribution is -0.112. The largest absolute Gasteiger partial charge is 0.322 e. The van der Waals surface area contributed by atoms with Crippen LogP contribution in [0.2, 0.25) is 0 Å². The fourth-order valence-corrected chi connectivity index (χ4v) is 1.31. The monoisotopic (exact) mass is 253 g/mol. The number of halogens is 1. The second kappa shape index (κ2) is 5.70. The van der Waals surface area contributed by atoms with Crippen molar-refractivity contribution in [3.8, 4) is 0 Å². The molecule has 0 aliphatic carbocycles. The first-order valence-electron chi connectivity index (χ1n) is 5.14. The molecule has 4 nitrogen and oxygen atoms in total. The molecule has 3 N–H and O–H groups in total. The van der Waals surface area contributed by atoms with Crippen LogP contribution in [-0.2, 0) is 4.79 Å². The molecule has 0 bridgehead atoms. The SMILES string of the molecule is C/C(C(=O)Nc1ccc(C)cc1)=C(/Cl)N(C)N. The molecule has 0 saturated carbocycles. The van der Waals surface area contributed by atoms with Gasteiger partial charge < -0.3 is 10.3 Å². The normalized spacial score (nSPS) is 11.8. The summed E-state index contributed by atoms with van der Waals surface area (Å²) in [5.41, 5.74) is 2.23. The molecule has 0 spiro atoms. The van der Waals surface area contributed by atoms with Crippen LogP contribution in [0.4, 0.5) is 5.69 Å². The summed E-state index contributed by atoms with van der Waals surface area (Å²) in [5.74, 6) is 5.18. The van der Waals surface area contributed by atoms with E-state index in [0.717, 1.165) is 11.3 Å². The zero-order valence-corrected chi connectivity index (χ0v) is 10.9. The van der Waals surface area contributed by atoms with Crippen LogP contribution in [0.5, 0.6) is 0 Å². The molecule has 0 aromatic heterocycles. The first kappa shape index (κ1) is 13.5. The third kappa shape index (κ3) is 3.76. The van der Waals surface area contributed by atoms with Gasteiger partial charge in [-0.3, -0.25) is 4.79 Å². The van der Waals surface area contributed by atoms with Crippen molar-refractivity contribution in [3.63, 3.8) is 0 Å². The first-order chi connectivity index (χ1) is 7.91. The van der Waals surface area contributed by atoms with E-state index < -0.39 is 0 Å². The molecule has 0 unspecified atom stereocenters. The van der Waals surface area contributed by atoms with Gasteiger partial charge in [0.15, 0.2) is 0 Å². The van der Waals surface area contributed by atoms with Crippen molar-refractivity contribution < 1.29 is 4.79 Å². The van der Waals surface area contributed by atoms with Gasteiger partial charge in [0.05, 0.1) is 5.57 Å². The van der Waals surface area contributed by atoms with Crippen LogP contribution in [-0.4, -0.2) is 18.0 Å². The summed E-state index contributed by atoms with van der Waals surface area (Å²) in [7, 11) is 1.57. The Morgan fingerprint density at radius 1 is 1.35 bits per heavy atom. The maximum Gasteiger partial charge on any atom is 0.254 e. The number of nitrogens with one attached hydrogen (secondary N) is 1. The molecule has 1 rings (SSSR count). The molecule has 0 heterocycles. The molecule has 92 valence electrons. The van der Waals surface area contributed by atoms with Gasteiger partial charge in [0.1, 0.15) is 5.16 Å². The molecule has 0 radical (unpaired) electrons. The number of hydrazine groups is 1. The third-order valence-corrected chi connectivity index (χ3v) is 2.82. The zero-order valence-electron chi connectivity index (χ0n) is 10.1. The molecule has 0 aliphatic rings. The maximum atomic E-state index is 11.8. The summed E-state index contributed by atoms with van der Waals surface area (Å²) in [4.78, 5) is 11.8. The molecule has 0 atom stereocenters. The van der Waals surface area contributed by atoms with E-state index in [9.17, 15) is 4.79 Å². The molecule has 0 saturated heterocycles. The Balaban J connectivity index is 2.80. The van der Waals surface area contributed by atoms with E-state index in [2.05, 4.69) is 5.32 Å². The van der Waals surface area contributed by atoms with Crippen LogP contribution in [0.25, 0.3) is 0 Å². The summed E-state index contributed by atoms with van der Waals surface area (Å²) in [6.07, 6.45) is 0. The van der Waals surface area contributed by atoms with Gasteiger partial charge in [-0.05, 0) is 26.0 Å². The van der Waals surface area contributed by atoms with Crippen LogP contribution in [0.15, 0.2) is 35.0 Å². The minimum absolute atomic E-state index is 0.217. The van der Waals surface area contributed by atoms with Gasteiger partial charge in [-0.2, -0.15) is 0 Å². The molecule has 1 aromatic carbocycles. The highest BCUT2D eigenvalue weighted by atomic mass is 35.5. The predicted octanol–water partition coefficient (Wildman–Crippen LogP) is 2.21. The standard InChI is InChI=1S/C12H16ClN3O/c1-8-4-6-10(7-5-8)15-12(17)9(2)11(13)16(3)14/h4-7H,14H2,1-3H3,(H,15,17)/b11-9+. The van der Waals surface area contributed by atoms with Crippen LogP contribution >= 0.6 is 11.6 Å². The van der Waals surface area contributed by atoms with Crippen molar-refractivity contribution >= 4 is 23.2 Å². The van der Waals surface area contributed by atoms with Crippen LogP contribution in [0.3, 0.4) is 0 Å². The number of carbonyl (C=O) groups is 1. The van der Waals surface area contributed by atoms with Crippen LogP contribution < -0.4 is 11.2 Å². The van der Waals surface area contributed by atoms with Gasteiger partial charge in [-0.15, -0.1) is 0 Å². The molecular weight excluding hydrogens is 238 g/mol. The molecule has 0 aliphatic heterocycles. The van der Waals surface area contributed by atoms with Crippen molar-refractivity contribution in [1.82, 2.24) is 5.01 Å². The Morgan fingerprint density at radius 2 is 1.88 bits per heavy atom. The Labute approximate surface area is 106 Å². The number of rotatable bonds is 3. The summed E-state index contributed by atoms with van der Waals surface area (Å²) in [6.45, 7) is 3.60. The highest BCUT2D eigenvalue weighted by Crippen LogP contribution is 2.14. The van der Waals surface area contributed by atoms with Gasteiger partial charge >= 0.3 is 0 Å². The Hall–Kier alpha value is -1.52. The Morgan fingerprint density at radius 3 is 2.35 bits per heavy atom. The maximum absolute atomic E-state index is 11.8. The molecule has 17 heavy (non-hydrogen) atoms. The van der Waals surface area contributed by atoms with Gasteiger partial charge in [-0.25, -0.2) is 5.84 Å². The van der Waals surface area contributed by atoms with E-state index >= 15 is 0 Å². The molecule has 1 amide bonds. The topological polar surface area (TPSA) is 58.4 Å². The number of anilines is 1. The second-order valence-corrected chi connectivity index (χ2v) is 4.20. The lowest BCUT2D eigenvalue weighted by Gasteiger charge is -2.13. The Kier molecular flexibility index (Phi) is 4.54. The number of aryl methyl sites for hydroxylation is 1. The summed E-state index contributed by atoms with van der Waals surface area (Å²) >= 11 is 5.87. The fraction of sp³-hybridized carbons (Fsp3) is 0.250. The molecule has 0 fully saturated rings. The number of hydrogen-bond donors (Lipinski definition) is 2. The number of carbonyl (C=O) groups excluding carboxylic acids is 1.